The molecule has 3 aliphatic rings. The lowest BCUT2D eigenvalue weighted by Gasteiger charge is -2.36. The number of fused-ring (bicyclic) bond motifs is 1. The molecule has 0 radical (unpaired) electrons. The van der Waals surface area contributed by atoms with E-state index in [0.717, 1.165) is 43.3 Å². The number of carbonyl (C=O) groups excluding carboxylic acids is 4. The van der Waals surface area contributed by atoms with E-state index in [1.807, 2.05) is 6.07 Å². The third-order valence-electron chi connectivity index (χ3n) is 5.95. The molecule has 3 aliphatic heterocycles. The average Bonchev–Trinajstić information content (AvgIpc) is 3.02. The van der Waals surface area contributed by atoms with E-state index in [0.29, 0.717) is 18.8 Å². The van der Waals surface area contributed by atoms with E-state index >= 15 is 0 Å². The maximum absolute atomic E-state index is 13.0. The topological polar surface area (TPSA) is 119 Å². The van der Waals surface area contributed by atoms with E-state index in [1.165, 1.54) is 0 Å². The van der Waals surface area contributed by atoms with Crippen LogP contribution in [0.5, 0.6) is 0 Å². The predicted molar refractivity (Wildman–Crippen MR) is 110 cm³/mol. The van der Waals surface area contributed by atoms with Gasteiger partial charge in [0, 0.05) is 44.8 Å². The molecule has 4 rings (SSSR count). The third kappa shape index (κ3) is 4.32. The summed E-state index contributed by atoms with van der Waals surface area (Å²) in [5.74, 6) is -1.98. The largest absolute Gasteiger partial charge is 0.394 e. The lowest BCUT2D eigenvalue weighted by Crippen LogP contribution is -2.54. The molecule has 0 bridgehead atoms. The number of ether oxygens (including phenoxy) is 1. The zero-order valence-corrected chi connectivity index (χ0v) is 17.2. The summed E-state index contributed by atoms with van der Waals surface area (Å²) in [4.78, 5) is 54.8. The number of hydrogen-bond donors (Lipinski definition) is 2. The number of nitrogens with zero attached hydrogens (tertiary/aromatic N) is 3. The number of hydrogen-bond acceptors (Lipinski definition) is 8. The molecule has 0 aliphatic carbocycles. The summed E-state index contributed by atoms with van der Waals surface area (Å²) in [5, 5.41) is 11.0. The summed E-state index contributed by atoms with van der Waals surface area (Å²) in [6.07, 6.45) is 0.247. The Bertz CT molecular complexity index is 896. The number of aliphatic hydroxyl groups excluding tert-OH is 1. The molecule has 166 valence electrons. The van der Waals surface area contributed by atoms with Gasteiger partial charge in [0.2, 0.25) is 11.8 Å². The van der Waals surface area contributed by atoms with E-state index in [2.05, 4.69) is 15.1 Å². The number of imide groups is 2. The molecule has 1 atom stereocenters. The van der Waals surface area contributed by atoms with E-state index in [4.69, 9.17) is 9.84 Å². The summed E-state index contributed by atoms with van der Waals surface area (Å²) in [6, 6.07) is 4.25. The minimum Gasteiger partial charge on any atom is -0.394 e. The van der Waals surface area contributed by atoms with Crippen molar-refractivity contribution < 1.29 is 29.0 Å². The molecular formula is C21H26N4O6. The Balaban J connectivity index is 1.41. The molecular weight excluding hydrogens is 404 g/mol. The van der Waals surface area contributed by atoms with Gasteiger partial charge in [-0.2, -0.15) is 0 Å². The van der Waals surface area contributed by atoms with Crippen molar-refractivity contribution in [2.45, 2.75) is 18.9 Å². The Morgan fingerprint density at radius 1 is 1.00 bits per heavy atom. The van der Waals surface area contributed by atoms with Crippen LogP contribution in [0.25, 0.3) is 0 Å². The van der Waals surface area contributed by atoms with Gasteiger partial charge in [0.25, 0.3) is 11.8 Å². The summed E-state index contributed by atoms with van der Waals surface area (Å²) in [7, 11) is 0. The normalized spacial score (nSPS) is 22.2. The summed E-state index contributed by atoms with van der Waals surface area (Å²) in [5.41, 5.74) is 1.45. The van der Waals surface area contributed by atoms with E-state index in [-0.39, 0.29) is 30.9 Å². The highest BCUT2D eigenvalue weighted by atomic mass is 16.5. The molecule has 0 spiro atoms. The number of amides is 4. The Morgan fingerprint density at radius 2 is 1.74 bits per heavy atom. The van der Waals surface area contributed by atoms with Crippen molar-refractivity contribution in [2.24, 2.45) is 0 Å². The Morgan fingerprint density at radius 3 is 2.45 bits per heavy atom. The van der Waals surface area contributed by atoms with Gasteiger partial charge in [0.15, 0.2) is 0 Å². The predicted octanol–water partition coefficient (Wildman–Crippen LogP) is -0.781. The van der Waals surface area contributed by atoms with Crippen LogP contribution < -0.4 is 10.2 Å². The molecule has 3 heterocycles. The van der Waals surface area contributed by atoms with Crippen LogP contribution in [0.4, 0.5) is 5.69 Å². The number of aliphatic hydroxyl groups is 1. The highest BCUT2D eigenvalue weighted by Gasteiger charge is 2.44. The van der Waals surface area contributed by atoms with Crippen LogP contribution in [0, 0.1) is 0 Å². The number of benzene rings is 1. The Labute approximate surface area is 179 Å². The maximum atomic E-state index is 13.0. The number of piperazine rings is 1. The molecule has 2 fully saturated rings. The van der Waals surface area contributed by atoms with Crippen molar-refractivity contribution in [2.75, 3.05) is 57.4 Å². The number of carbonyl (C=O) groups is 4. The van der Waals surface area contributed by atoms with Crippen LogP contribution in [0.2, 0.25) is 0 Å². The van der Waals surface area contributed by atoms with Crippen LogP contribution in [-0.2, 0) is 14.3 Å². The molecule has 1 unspecified atom stereocenters. The standard InChI is InChI=1S/C21H26N4O6/c26-10-12-31-11-9-23-5-7-24(8-6-23)14-1-2-15-16(13-14)21(30)25(20(15)29)17-3-4-18(27)22-19(17)28/h1-2,13,17,26H,3-12H2,(H,22,27,28). The fourth-order valence-electron chi connectivity index (χ4n) is 4.25. The molecule has 31 heavy (non-hydrogen) atoms. The molecule has 10 heteroatoms. The third-order valence-corrected chi connectivity index (χ3v) is 5.95. The van der Waals surface area contributed by atoms with Crippen LogP contribution in [-0.4, -0.2) is 97.1 Å². The van der Waals surface area contributed by atoms with Crippen molar-refractivity contribution in [3.63, 3.8) is 0 Å². The van der Waals surface area contributed by atoms with Gasteiger partial charge in [-0.15, -0.1) is 0 Å². The van der Waals surface area contributed by atoms with Gasteiger partial charge in [-0.05, 0) is 24.6 Å². The smallest absolute Gasteiger partial charge is 0.262 e. The van der Waals surface area contributed by atoms with Crippen molar-refractivity contribution >= 4 is 29.3 Å². The summed E-state index contributed by atoms with van der Waals surface area (Å²) in [6.45, 7) is 4.98. The van der Waals surface area contributed by atoms with Crippen molar-refractivity contribution in [1.29, 1.82) is 0 Å². The first kappa shape index (κ1) is 21.4. The van der Waals surface area contributed by atoms with E-state index in [9.17, 15) is 19.2 Å². The van der Waals surface area contributed by atoms with Gasteiger partial charge in [0.1, 0.15) is 6.04 Å². The minimum absolute atomic E-state index is 0.0221. The van der Waals surface area contributed by atoms with Gasteiger partial charge in [-0.1, -0.05) is 0 Å². The second-order valence-electron chi connectivity index (χ2n) is 7.84. The zero-order valence-electron chi connectivity index (χ0n) is 17.2. The summed E-state index contributed by atoms with van der Waals surface area (Å²) < 4.78 is 5.32. The van der Waals surface area contributed by atoms with Gasteiger partial charge >= 0.3 is 0 Å². The molecule has 4 amide bonds. The summed E-state index contributed by atoms with van der Waals surface area (Å²) >= 11 is 0. The second-order valence-corrected chi connectivity index (χ2v) is 7.84. The Hall–Kier alpha value is -2.82. The number of nitrogens with one attached hydrogen (secondary N) is 1. The van der Waals surface area contributed by atoms with Crippen molar-refractivity contribution in [1.82, 2.24) is 15.1 Å². The van der Waals surface area contributed by atoms with Crippen molar-refractivity contribution in [3.05, 3.63) is 29.3 Å². The maximum Gasteiger partial charge on any atom is 0.262 e. The van der Waals surface area contributed by atoms with Crippen molar-refractivity contribution in [3.8, 4) is 0 Å². The van der Waals surface area contributed by atoms with Crippen LogP contribution in [0.15, 0.2) is 18.2 Å². The lowest BCUT2D eigenvalue weighted by atomic mass is 10.0. The highest BCUT2D eigenvalue weighted by molar-refractivity contribution is 6.23. The number of rotatable bonds is 7. The monoisotopic (exact) mass is 430 g/mol. The zero-order chi connectivity index (χ0) is 22.0. The average molecular weight is 430 g/mol. The first-order valence-electron chi connectivity index (χ1n) is 10.5. The molecule has 10 nitrogen and oxygen atoms in total. The fraction of sp³-hybridized carbons (Fsp3) is 0.524. The van der Waals surface area contributed by atoms with Gasteiger partial charge in [-0.25, -0.2) is 0 Å². The first-order valence-corrected chi connectivity index (χ1v) is 10.5. The minimum atomic E-state index is -0.954. The van der Waals surface area contributed by atoms with Crippen LogP contribution >= 0.6 is 0 Å². The molecule has 2 saturated heterocycles. The van der Waals surface area contributed by atoms with E-state index < -0.39 is 23.8 Å². The van der Waals surface area contributed by atoms with Crippen LogP contribution in [0.1, 0.15) is 33.6 Å². The quantitative estimate of drug-likeness (QED) is 0.427. The molecule has 0 aromatic heterocycles. The van der Waals surface area contributed by atoms with Crippen LogP contribution in [0.3, 0.4) is 0 Å². The SMILES string of the molecule is O=C1CCC(N2C(=O)c3ccc(N4CCN(CCOCCO)CC4)cc3C2=O)C(=O)N1. The second kappa shape index (κ2) is 9.13. The lowest BCUT2D eigenvalue weighted by molar-refractivity contribution is -0.136. The highest BCUT2D eigenvalue weighted by Crippen LogP contribution is 2.31. The number of anilines is 1. The number of piperidine rings is 1. The van der Waals surface area contributed by atoms with E-state index in [1.54, 1.807) is 12.1 Å². The van der Waals surface area contributed by atoms with Gasteiger partial charge in [-0.3, -0.25) is 34.3 Å². The van der Waals surface area contributed by atoms with Gasteiger partial charge < -0.3 is 14.7 Å². The molecule has 1 aromatic rings. The first-order chi connectivity index (χ1) is 15.0. The molecule has 1 aromatic carbocycles. The Kier molecular flexibility index (Phi) is 6.30. The fourth-order valence-corrected chi connectivity index (χ4v) is 4.25. The molecule has 2 N–H and O–H groups in total. The van der Waals surface area contributed by atoms with Gasteiger partial charge in [0.05, 0.1) is 30.9 Å². The molecule has 0 saturated carbocycles.